The Bertz CT molecular complexity index is 1320. The van der Waals surface area contributed by atoms with E-state index in [9.17, 15) is 9.59 Å². The topological polar surface area (TPSA) is 71.0 Å². The number of anilines is 1. The predicted molar refractivity (Wildman–Crippen MR) is 140 cm³/mol. The van der Waals surface area contributed by atoms with Crippen LogP contribution < -0.4 is 10.3 Å². The second kappa shape index (κ2) is 9.82. The summed E-state index contributed by atoms with van der Waals surface area (Å²) in [6.45, 7) is 4.46. The normalized spacial score (nSPS) is 21.2. The average molecular weight is 480 g/mol. The highest BCUT2D eigenvalue weighted by molar-refractivity contribution is 6.21. The predicted octanol–water partition coefficient (Wildman–Crippen LogP) is 5.19. The molecule has 2 unspecified atom stereocenters. The molecule has 2 atom stereocenters. The number of hydrogen-bond acceptors (Lipinski definition) is 5. The monoisotopic (exact) mass is 479 g/mol. The smallest absolute Gasteiger partial charge is 0.336 e. The van der Waals surface area contributed by atoms with Gasteiger partial charge in [-0.1, -0.05) is 78.9 Å². The summed E-state index contributed by atoms with van der Waals surface area (Å²) in [4.78, 5) is 27.7. The second-order valence-corrected chi connectivity index (χ2v) is 9.08. The van der Waals surface area contributed by atoms with Crippen LogP contribution in [-0.2, 0) is 20.9 Å². The molecule has 1 aliphatic carbocycles. The fourth-order valence-corrected chi connectivity index (χ4v) is 5.31. The summed E-state index contributed by atoms with van der Waals surface area (Å²) >= 11 is 0. The number of benzene rings is 3. The molecule has 0 saturated carbocycles. The summed E-state index contributed by atoms with van der Waals surface area (Å²) < 4.78 is 5.54. The van der Waals surface area contributed by atoms with Crippen molar-refractivity contribution in [3.63, 3.8) is 0 Å². The molecule has 3 aromatic carbocycles. The molecule has 0 aromatic heterocycles. The number of nitrogens with one attached hydrogen (secondary N) is 1. The van der Waals surface area contributed by atoms with Crippen molar-refractivity contribution in [3.8, 4) is 0 Å². The third-order valence-corrected chi connectivity index (χ3v) is 7.01. The molecule has 0 fully saturated rings. The Hall–Kier alpha value is -4.19. The largest absolute Gasteiger partial charge is 0.463 e. The summed E-state index contributed by atoms with van der Waals surface area (Å²) in [7, 11) is 0. The van der Waals surface area contributed by atoms with E-state index in [0.717, 1.165) is 16.8 Å². The third kappa shape index (κ3) is 3.98. The molecule has 0 radical (unpaired) electrons. The van der Waals surface area contributed by atoms with E-state index in [1.54, 1.807) is 6.92 Å². The highest BCUT2D eigenvalue weighted by Crippen LogP contribution is 2.56. The molecule has 36 heavy (non-hydrogen) atoms. The van der Waals surface area contributed by atoms with Crippen molar-refractivity contribution in [3.05, 3.63) is 113 Å². The summed E-state index contributed by atoms with van der Waals surface area (Å²) in [5, 5.41) is 9.70. The molecule has 1 spiro atoms. The Morgan fingerprint density at radius 2 is 1.61 bits per heavy atom. The van der Waals surface area contributed by atoms with E-state index in [0.29, 0.717) is 29.9 Å². The molecular formula is C30H29N3O3. The van der Waals surface area contributed by atoms with Crippen LogP contribution in [0, 0.1) is 5.41 Å². The highest BCUT2D eigenvalue weighted by Gasteiger charge is 2.61. The quantitative estimate of drug-likeness (QED) is 0.474. The SMILES string of the molecule is CCOC(=O)C1=C(NCc2ccccc2)CC2(C(=O)N(c3ccccc3)N=C2C)C1c1ccccc1. The Morgan fingerprint density at radius 1 is 1.00 bits per heavy atom. The van der Waals surface area contributed by atoms with Gasteiger partial charge in [0.15, 0.2) is 0 Å². The second-order valence-electron chi connectivity index (χ2n) is 9.08. The van der Waals surface area contributed by atoms with Crippen LogP contribution in [0.2, 0.25) is 0 Å². The molecule has 6 nitrogen and oxygen atoms in total. The molecule has 5 rings (SSSR count). The first kappa shape index (κ1) is 23.5. The Morgan fingerprint density at radius 3 is 2.25 bits per heavy atom. The molecule has 6 heteroatoms. The van der Waals surface area contributed by atoms with Gasteiger partial charge >= 0.3 is 5.97 Å². The van der Waals surface area contributed by atoms with Crippen LogP contribution in [-0.4, -0.2) is 24.2 Å². The number of allylic oxidation sites excluding steroid dienone is 1. The fourth-order valence-electron chi connectivity index (χ4n) is 5.31. The van der Waals surface area contributed by atoms with Crippen LogP contribution in [0.1, 0.15) is 37.3 Å². The van der Waals surface area contributed by atoms with Crippen LogP contribution in [0.25, 0.3) is 0 Å². The van der Waals surface area contributed by atoms with Crippen LogP contribution in [0.4, 0.5) is 5.69 Å². The molecule has 0 saturated heterocycles. The van der Waals surface area contributed by atoms with Gasteiger partial charge in [0.05, 0.1) is 23.6 Å². The molecule has 1 aliphatic heterocycles. The number of para-hydroxylation sites is 1. The fraction of sp³-hybridized carbons (Fsp3) is 0.233. The lowest BCUT2D eigenvalue weighted by Gasteiger charge is -2.31. The number of carbonyl (C=O) groups excluding carboxylic acids is 2. The Balaban J connectivity index is 1.62. The summed E-state index contributed by atoms with van der Waals surface area (Å²) in [6.07, 6.45) is 0.338. The van der Waals surface area contributed by atoms with Gasteiger partial charge in [-0.25, -0.2) is 4.79 Å². The Kier molecular flexibility index (Phi) is 6.42. The van der Waals surface area contributed by atoms with Gasteiger partial charge in [-0.15, -0.1) is 0 Å². The lowest BCUT2D eigenvalue weighted by atomic mass is 9.68. The van der Waals surface area contributed by atoms with Crippen molar-refractivity contribution in [2.75, 3.05) is 11.6 Å². The first-order chi connectivity index (χ1) is 17.6. The van der Waals surface area contributed by atoms with Crippen molar-refractivity contribution >= 4 is 23.3 Å². The maximum atomic E-state index is 14.3. The van der Waals surface area contributed by atoms with Gasteiger partial charge in [0, 0.05) is 24.6 Å². The van der Waals surface area contributed by atoms with Gasteiger partial charge in [-0.2, -0.15) is 10.1 Å². The Labute approximate surface area is 211 Å². The number of amides is 1. The van der Waals surface area contributed by atoms with Crippen molar-refractivity contribution < 1.29 is 14.3 Å². The number of rotatable bonds is 7. The minimum absolute atomic E-state index is 0.140. The van der Waals surface area contributed by atoms with Crippen molar-refractivity contribution in [1.82, 2.24) is 5.32 Å². The molecule has 2 aliphatic rings. The van der Waals surface area contributed by atoms with E-state index < -0.39 is 17.3 Å². The number of hydrogen-bond donors (Lipinski definition) is 1. The van der Waals surface area contributed by atoms with E-state index in [4.69, 9.17) is 9.84 Å². The van der Waals surface area contributed by atoms with E-state index in [1.807, 2.05) is 97.9 Å². The molecule has 1 heterocycles. The summed E-state index contributed by atoms with van der Waals surface area (Å²) in [5.74, 6) is -1.07. The third-order valence-electron chi connectivity index (χ3n) is 7.01. The van der Waals surface area contributed by atoms with Crippen LogP contribution in [0.3, 0.4) is 0 Å². The zero-order chi connectivity index (χ0) is 25.1. The first-order valence-corrected chi connectivity index (χ1v) is 12.2. The average Bonchev–Trinajstić information content (AvgIpc) is 3.40. The van der Waals surface area contributed by atoms with Crippen LogP contribution >= 0.6 is 0 Å². The first-order valence-electron chi connectivity index (χ1n) is 12.2. The van der Waals surface area contributed by atoms with Gasteiger partial charge in [-0.05, 0) is 37.1 Å². The number of ether oxygens (including phenoxy) is 1. The van der Waals surface area contributed by atoms with Crippen molar-refractivity contribution in [1.29, 1.82) is 0 Å². The molecule has 182 valence electrons. The minimum atomic E-state index is -1.03. The number of esters is 1. The van der Waals surface area contributed by atoms with Gasteiger partial charge < -0.3 is 10.1 Å². The minimum Gasteiger partial charge on any atom is -0.463 e. The van der Waals surface area contributed by atoms with Gasteiger partial charge in [0.25, 0.3) is 5.91 Å². The summed E-state index contributed by atoms with van der Waals surface area (Å²) in [5.41, 5.74) is 3.55. The van der Waals surface area contributed by atoms with E-state index in [-0.39, 0.29) is 12.5 Å². The molecular weight excluding hydrogens is 450 g/mol. The maximum Gasteiger partial charge on any atom is 0.336 e. The van der Waals surface area contributed by atoms with E-state index >= 15 is 0 Å². The zero-order valence-electron chi connectivity index (χ0n) is 20.5. The lowest BCUT2D eigenvalue weighted by Crippen LogP contribution is -2.43. The number of carbonyl (C=O) groups is 2. The summed E-state index contributed by atoms with van der Waals surface area (Å²) in [6, 6.07) is 29.1. The van der Waals surface area contributed by atoms with E-state index in [2.05, 4.69) is 5.32 Å². The maximum absolute atomic E-state index is 14.3. The molecule has 0 bridgehead atoms. The van der Waals surface area contributed by atoms with Crippen molar-refractivity contribution in [2.24, 2.45) is 10.5 Å². The van der Waals surface area contributed by atoms with Crippen LogP contribution in [0.5, 0.6) is 0 Å². The standard InChI is InChI=1S/C30H29N3O3/c1-3-36-28(34)26-25(31-20-22-13-7-4-8-14-22)19-30(27(26)23-15-9-5-10-16-23)21(2)32-33(29(30)35)24-17-11-6-12-18-24/h4-18,27,31H,3,19-20H2,1-2H3. The molecule has 3 aromatic rings. The number of hydrazone groups is 1. The highest BCUT2D eigenvalue weighted by atomic mass is 16.5. The number of nitrogens with zero attached hydrogens (tertiary/aromatic N) is 2. The van der Waals surface area contributed by atoms with Gasteiger partial charge in [0.1, 0.15) is 5.41 Å². The van der Waals surface area contributed by atoms with Gasteiger partial charge in [0.2, 0.25) is 0 Å². The molecule has 1 N–H and O–H groups in total. The van der Waals surface area contributed by atoms with Crippen molar-refractivity contribution in [2.45, 2.75) is 32.7 Å². The van der Waals surface area contributed by atoms with Gasteiger partial charge in [-0.3, -0.25) is 4.79 Å². The zero-order valence-corrected chi connectivity index (χ0v) is 20.5. The van der Waals surface area contributed by atoms with Crippen LogP contribution in [0.15, 0.2) is 107 Å². The lowest BCUT2D eigenvalue weighted by molar-refractivity contribution is -0.139. The van der Waals surface area contributed by atoms with E-state index in [1.165, 1.54) is 5.01 Å². The molecule has 1 amide bonds.